The molecule has 0 aliphatic carbocycles. The lowest BCUT2D eigenvalue weighted by Gasteiger charge is -2.17. The second-order valence-electron chi connectivity index (χ2n) is 5.14. The second-order valence-corrected chi connectivity index (χ2v) is 5.14. The number of methoxy groups -OCH3 is 1. The minimum Gasteiger partial charge on any atom is -0.480 e. The molecule has 0 spiro atoms. The fraction of sp³-hybridized carbons (Fsp3) is 0.467. The minimum atomic E-state index is -1.03. The molecule has 3 atom stereocenters. The van der Waals surface area contributed by atoms with Crippen molar-refractivity contribution in [1.82, 2.24) is 10.6 Å². The molecule has 1 aromatic carbocycles. The van der Waals surface area contributed by atoms with Crippen LogP contribution in [-0.4, -0.2) is 48.8 Å². The highest BCUT2D eigenvalue weighted by Crippen LogP contribution is 2.10. The molecule has 1 heterocycles. The van der Waals surface area contributed by atoms with Crippen LogP contribution >= 0.6 is 0 Å². The van der Waals surface area contributed by atoms with Gasteiger partial charge in [-0.3, -0.25) is 4.79 Å². The third kappa shape index (κ3) is 4.27. The lowest BCUT2D eigenvalue weighted by molar-refractivity contribution is -0.142. The van der Waals surface area contributed by atoms with Crippen LogP contribution in [0.2, 0.25) is 0 Å². The van der Waals surface area contributed by atoms with Gasteiger partial charge in [-0.2, -0.15) is 0 Å². The number of carboxylic acid groups (broad SMARTS) is 1. The highest BCUT2D eigenvalue weighted by Gasteiger charge is 2.31. The number of amides is 1. The summed E-state index contributed by atoms with van der Waals surface area (Å²) in [4.78, 5) is 23.4. The van der Waals surface area contributed by atoms with Crippen LogP contribution in [0.25, 0.3) is 0 Å². The molecule has 1 fully saturated rings. The number of nitrogens with one attached hydrogen (secondary N) is 2. The molecule has 6 nitrogen and oxygen atoms in total. The molecule has 0 saturated carbocycles. The molecule has 3 unspecified atom stereocenters. The van der Waals surface area contributed by atoms with E-state index >= 15 is 0 Å². The summed E-state index contributed by atoms with van der Waals surface area (Å²) in [6.07, 6.45) is 0.820. The summed E-state index contributed by atoms with van der Waals surface area (Å²) in [5.74, 6) is -1.33. The highest BCUT2D eigenvalue weighted by molar-refractivity contribution is 5.87. The van der Waals surface area contributed by atoms with Crippen LogP contribution in [-0.2, 0) is 20.7 Å². The van der Waals surface area contributed by atoms with Crippen LogP contribution in [0, 0.1) is 0 Å². The summed E-state index contributed by atoms with van der Waals surface area (Å²) in [6.45, 7) is 0.602. The van der Waals surface area contributed by atoms with E-state index < -0.39 is 18.1 Å². The van der Waals surface area contributed by atoms with Crippen molar-refractivity contribution in [3.63, 3.8) is 0 Å². The van der Waals surface area contributed by atoms with Gasteiger partial charge in [0.1, 0.15) is 6.04 Å². The molecule has 3 N–H and O–H groups in total. The van der Waals surface area contributed by atoms with E-state index in [0.717, 1.165) is 5.56 Å². The Bertz CT molecular complexity index is 492. The standard InChI is InChI=1S/C15H20N2O4/c1-21-11-8-12(16-9-11)14(18)17-13(15(19)20)7-10-5-3-2-4-6-10/h2-6,11-13,16H,7-9H2,1H3,(H,17,18)(H,19,20). The average Bonchev–Trinajstić information content (AvgIpc) is 2.96. The van der Waals surface area contributed by atoms with Crippen molar-refractivity contribution < 1.29 is 19.4 Å². The predicted octanol–water partition coefficient (Wildman–Crippen LogP) is 0.175. The van der Waals surface area contributed by atoms with Gasteiger partial charge in [0, 0.05) is 20.1 Å². The van der Waals surface area contributed by atoms with E-state index in [9.17, 15) is 14.7 Å². The smallest absolute Gasteiger partial charge is 0.326 e. The van der Waals surface area contributed by atoms with Crippen LogP contribution in [0.4, 0.5) is 0 Å². The molecule has 0 aromatic heterocycles. The number of ether oxygens (including phenoxy) is 1. The van der Waals surface area contributed by atoms with Gasteiger partial charge in [0.15, 0.2) is 0 Å². The maximum Gasteiger partial charge on any atom is 0.326 e. The molecule has 0 bridgehead atoms. The molecule has 1 saturated heterocycles. The van der Waals surface area contributed by atoms with Gasteiger partial charge in [-0.05, 0) is 12.0 Å². The van der Waals surface area contributed by atoms with Crippen molar-refractivity contribution in [2.75, 3.05) is 13.7 Å². The van der Waals surface area contributed by atoms with Gasteiger partial charge >= 0.3 is 5.97 Å². The van der Waals surface area contributed by atoms with E-state index in [1.165, 1.54) is 0 Å². The number of carboxylic acids is 1. The first-order valence-corrected chi connectivity index (χ1v) is 6.93. The normalized spacial score (nSPS) is 22.7. The number of rotatable bonds is 6. The molecular formula is C15H20N2O4. The lowest BCUT2D eigenvalue weighted by atomic mass is 10.1. The monoisotopic (exact) mass is 292 g/mol. The third-order valence-electron chi connectivity index (χ3n) is 3.64. The van der Waals surface area contributed by atoms with Crippen LogP contribution < -0.4 is 10.6 Å². The quantitative estimate of drug-likeness (QED) is 0.696. The van der Waals surface area contributed by atoms with Crippen molar-refractivity contribution >= 4 is 11.9 Å². The molecule has 6 heteroatoms. The highest BCUT2D eigenvalue weighted by atomic mass is 16.5. The average molecular weight is 292 g/mol. The fourth-order valence-electron chi connectivity index (χ4n) is 2.40. The number of carbonyl (C=O) groups excluding carboxylic acids is 1. The Morgan fingerprint density at radius 2 is 2.14 bits per heavy atom. The Morgan fingerprint density at radius 1 is 1.43 bits per heavy atom. The Hall–Kier alpha value is -1.92. The Labute approximate surface area is 123 Å². The van der Waals surface area contributed by atoms with Crippen molar-refractivity contribution in [3.05, 3.63) is 35.9 Å². The second kappa shape index (κ2) is 7.19. The summed E-state index contributed by atoms with van der Waals surface area (Å²) in [6, 6.07) is 7.92. The first-order valence-electron chi connectivity index (χ1n) is 6.93. The van der Waals surface area contributed by atoms with Gasteiger partial charge in [0.25, 0.3) is 0 Å². The number of aliphatic carboxylic acids is 1. The van der Waals surface area contributed by atoms with Gasteiger partial charge in [0.2, 0.25) is 5.91 Å². The number of hydrogen-bond donors (Lipinski definition) is 3. The van der Waals surface area contributed by atoms with Crippen LogP contribution in [0.5, 0.6) is 0 Å². The SMILES string of the molecule is COC1CNC(C(=O)NC(Cc2ccccc2)C(=O)O)C1. The largest absolute Gasteiger partial charge is 0.480 e. The lowest BCUT2D eigenvalue weighted by Crippen LogP contribution is -2.49. The molecule has 1 aliphatic heterocycles. The van der Waals surface area contributed by atoms with E-state index in [0.29, 0.717) is 13.0 Å². The van der Waals surface area contributed by atoms with Gasteiger partial charge < -0.3 is 20.5 Å². The van der Waals surface area contributed by atoms with Gasteiger partial charge in [-0.15, -0.1) is 0 Å². The topological polar surface area (TPSA) is 87.7 Å². The molecule has 1 aromatic rings. The van der Waals surface area contributed by atoms with Gasteiger partial charge in [-0.1, -0.05) is 30.3 Å². The molecule has 114 valence electrons. The van der Waals surface area contributed by atoms with Crippen molar-refractivity contribution in [2.24, 2.45) is 0 Å². The van der Waals surface area contributed by atoms with E-state index in [1.807, 2.05) is 30.3 Å². The fourth-order valence-corrected chi connectivity index (χ4v) is 2.40. The van der Waals surface area contributed by atoms with Crippen molar-refractivity contribution in [2.45, 2.75) is 31.0 Å². The Balaban J connectivity index is 1.94. The molecule has 1 amide bonds. The zero-order valence-electron chi connectivity index (χ0n) is 11.9. The molecular weight excluding hydrogens is 272 g/mol. The summed E-state index contributed by atoms with van der Waals surface area (Å²) in [5, 5.41) is 14.9. The van der Waals surface area contributed by atoms with E-state index in [1.54, 1.807) is 7.11 Å². The maximum absolute atomic E-state index is 12.1. The zero-order valence-corrected chi connectivity index (χ0v) is 11.9. The summed E-state index contributed by atoms with van der Waals surface area (Å²) >= 11 is 0. The summed E-state index contributed by atoms with van der Waals surface area (Å²) < 4.78 is 5.18. The molecule has 2 rings (SSSR count). The van der Waals surface area contributed by atoms with Gasteiger partial charge in [-0.25, -0.2) is 4.79 Å². The summed E-state index contributed by atoms with van der Waals surface area (Å²) in [7, 11) is 1.60. The first-order chi connectivity index (χ1) is 10.1. The third-order valence-corrected chi connectivity index (χ3v) is 3.64. The van der Waals surface area contributed by atoms with Crippen LogP contribution in [0.3, 0.4) is 0 Å². The van der Waals surface area contributed by atoms with Crippen LogP contribution in [0.15, 0.2) is 30.3 Å². The van der Waals surface area contributed by atoms with Crippen LogP contribution in [0.1, 0.15) is 12.0 Å². The predicted molar refractivity (Wildman–Crippen MR) is 76.9 cm³/mol. The maximum atomic E-state index is 12.1. The minimum absolute atomic E-state index is 0.00171. The van der Waals surface area contributed by atoms with Crippen molar-refractivity contribution in [1.29, 1.82) is 0 Å². The number of carbonyl (C=O) groups is 2. The van der Waals surface area contributed by atoms with E-state index in [4.69, 9.17) is 4.74 Å². The Morgan fingerprint density at radius 3 is 2.71 bits per heavy atom. The molecule has 21 heavy (non-hydrogen) atoms. The van der Waals surface area contributed by atoms with Crippen molar-refractivity contribution in [3.8, 4) is 0 Å². The Kier molecular flexibility index (Phi) is 5.30. The van der Waals surface area contributed by atoms with E-state index in [2.05, 4.69) is 10.6 Å². The van der Waals surface area contributed by atoms with Gasteiger partial charge in [0.05, 0.1) is 12.1 Å². The number of hydrogen-bond acceptors (Lipinski definition) is 4. The first kappa shape index (κ1) is 15.5. The van der Waals surface area contributed by atoms with E-state index in [-0.39, 0.29) is 18.4 Å². The summed E-state index contributed by atoms with van der Waals surface area (Å²) in [5.41, 5.74) is 0.874. The number of benzene rings is 1. The molecule has 1 aliphatic rings. The zero-order chi connectivity index (χ0) is 15.2. The molecule has 0 radical (unpaired) electrons.